The van der Waals surface area contributed by atoms with E-state index >= 15 is 0 Å². The molecule has 0 amide bonds. The van der Waals surface area contributed by atoms with E-state index in [0.717, 1.165) is 12.1 Å². The van der Waals surface area contributed by atoms with Gasteiger partial charge in [0.1, 0.15) is 5.69 Å². The lowest BCUT2D eigenvalue weighted by Gasteiger charge is -2.07. The fourth-order valence-electron chi connectivity index (χ4n) is 1.94. The van der Waals surface area contributed by atoms with Gasteiger partial charge in [0.2, 0.25) is 0 Å². The number of halogens is 3. The van der Waals surface area contributed by atoms with Crippen molar-refractivity contribution >= 4 is 11.7 Å². The van der Waals surface area contributed by atoms with E-state index in [1.807, 2.05) is 0 Å². The molecule has 0 fully saturated rings. The second-order valence-electron chi connectivity index (χ2n) is 4.30. The predicted octanol–water partition coefficient (Wildman–Crippen LogP) is 2.47. The zero-order chi connectivity index (χ0) is 15.8. The molecule has 0 radical (unpaired) electrons. The van der Waals surface area contributed by atoms with Crippen molar-refractivity contribution in [3.63, 3.8) is 0 Å². The van der Waals surface area contributed by atoms with Crippen molar-refractivity contribution in [3.8, 4) is 11.3 Å². The van der Waals surface area contributed by atoms with E-state index in [9.17, 15) is 18.0 Å². The molecular weight excluding hydrogens is 287 g/mol. The van der Waals surface area contributed by atoms with E-state index in [4.69, 9.17) is 5.73 Å². The molecule has 2 aromatic rings. The molecule has 0 aliphatic rings. The zero-order valence-electron chi connectivity index (χ0n) is 11.2. The van der Waals surface area contributed by atoms with Gasteiger partial charge in [0.25, 0.3) is 0 Å². The van der Waals surface area contributed by atoms with E-state index in [1.165, 1.54) is 31.0 Å². The SMILES string of the molecule is COC(=O)c1c(N)c(-c2cccc(C(F)(F)F)c2)nn1C. The van der Waals surface area contributed by atoms with Gasteiger partial charge in [-0.25, -0.2) is 4.79 Å². The monoisotopic (exact) mass is 299 g/mol. The summed E-state index contributed by atoms with van der Waals surface area (Å²) in [6.45, 7) is 0. The van der Waals surface area contributed by atoms with Crippen LogP contribution in [0.4, 0.5) is 18.9 Å². The molecule has 1 aromatic heterocycles. The van der Waals surface area contributed by atoms with Gasteiger partial charge in [-0.05, 0) is 12.1 Å². The summed E-state index contributed by atoms with van der Waals surface area (Å²) in [7, 11) is 2.64. The van der Waals surface area contributed by atoms with Crippen molar-refractivity contribution in [2.75, 3.05) is 12.8 Å². The van der Waals surface area contributed by atoms with Crippen molar-refractivity contribution in [2.24, 2.45) is 7.05 Å². The lowest BCUT2D eigenvalue weighted by atomic mass is 10.1. The molecule has 0 spiro atoms. The third-order valence-corrected chi connectivity index (χ3v) is 2.93. The van der Waals surface area contributed by atoms with Crippen LogP contribution in [0.2, 0.25) is 0 Å². The van der Waals surface area contributed by atoms with Crippen LogP contribution >= 0.6 is 0 Å². The molecule has 112 valence electrons. The van der Waals surface area contributed by atoms with Crippen LogP contribution in [0.25, 0.3) is 11.3 Å². The first-order valence-electron chi connectivity index (χ1n) is 5.84. The Morgan fingerprint density at radius 1 is 1.38 bits per heavy atom. The Morgan fingerprint density at radius 2 is 2.05 bits per heavy atom. The average Bonchev–Trinajstić information content (AvgIpc) is 2.72. The molecule has 21 heavy (non-hydrogen) atoms. The largest absolute Gasteiger partial charge is 0.464 e. The Kier molecular flexibility index (Phi) is 3.63. The Balaban J connectivity index is 2.56. The molecule has 5 nitrogen and oxygen atoms in total. The molecule has 0 saturated heterocycles. The molecule has 0 saturated carbocycles. The maximum atomic E-state index is 12.7. The van der Waals surface area contributed by atoms with Crippen LogP contribution in [0.5, 0.6) is 0 Å². The quantitative estimate of drug-likeness (QED) is 0.865. The highest BCUT2D eigenvalue weighted by Crippen LogP contribution is 2.34. The molecule has 0 atom stereocenters. The number of nitrogens with zero attached hydrogens (tertiary/aromatic N) is 2. The van der Waals surface area contributed by atoms with Gasteiger partial charge in [-0.3, -0.25) is 4.68 Å². The number of methoxy groups -OCH3 is 1. The first-order valence-corrected chi connectivity index (χ1v) is 5.84. The molecular formula is C13H12F3N3O2. The Hall–Kier alpha value is -2.51. The summed E-state index contributed by atoms with van der Waals surface area (Å²) < 4.78 is 43.9. The van der Waals surface area contributed by atoms with Crippen LogP contribution in [0.15, 0.2) is 24.3 Å². The number of aryl methyl sites for hydroxylation is 1. The predicted molar refractivity (Wildman–Crippen MR) is 69.4 cm³/mol. The lowest BCUT2D eigenvalue weighted by Crippen LogP contribution is -2.10. The summed E-state index contributed by atoms with van der Waals surface area (Å²) in [5.41, 5.74) is 5.23. The summed E-state index contributed by atoms with van der Waals surface area (Å²) in [5, 5.41) is 4.00. The van der Waals surface area contributed by atoms with Crippen molar-refractivity contribution in [1.29, 1.82) is 0 Å². The average molecular weight is 299 g/mol. The topological polar surface area (TPSA) is 70.1 Å². The first-order chi connectivity index (χ1) is 9.75. The fraction of sp³-hybridized carbons (Fsp3) is 0.231. The van der Waals surface area contributed by atoms with E-state index in [1.54, 1.807) is 0 Å². The Labute approximate surface area is 118 Å². The van der Waals surface area contributed by atoms with E-state index < -0.39 is 17.7 Å². The van der Waals surface area contributed by atoms with Crippen molar-refractivity contribution in [2.45, 2.75) is 6.18 Å². The zero-order valence-corrected chi connectivity index (χ0v) is 11.2. The number of aromatic nitrogens is 2. The summed E-state index contributed by atoms with van der Waals surface area (Å²) in [6, 6.07) is 4.57. The number of carbonyl (C=O) groups is 1. The highest BCUT2D eigenvalue weighted by Gasteiger charge is 2.31. The summed E-state index contributed by atoms with van der Waals surface area (Å²) in [6.07, 6.45) is -4.47. The van der Waals surface area contributed by atoms with Gasteiger partial charge in [-0.15, -0.1) is 0 Å². The highest BCUT2D eigenvalue weighted by atomic mass is 19.4. The molecule has 0 aliphatic carbocycles. The van der Waals surface area contributed by atoms with Gasteiger partial charge in [0, 0.05) is 12.6 Å². The van der Waals surface area contributed by atoms with Crippen LogP contribution in [0.3, 0.4) is 0 Å². The van der Waals surface area contributed by atoms with Crippen LogP contribution < -0.4 is 5.73 Å². The molecule has 2 rings (SSSR count). The summed E-state index contributed by atoms with van der Waals surface area (Å²) in [5.74, 6) is -0.708. The second kappa shape index (κ2) is 5.12. The Morgan fingerprint density at radius 3 is 2.62 bits per heavy atom. The second-order valence-corrected chi connectivity index (χ2v) is 4.30. The number of hydrogen-bond acceptors (Lipinski definition) is 4. The molecule has 0 aliphatic heterocycles. The molecule has 8 heteroatoms. The fourth-order valence-corrected chi connectivity index (χ4v) is 1.94. The van der Waals surface area contributed by atoms with Crippen molar-refractivity contribution in [3.05, 3.63) is 35.5 Å². The molecule has 0 unspecified atom stereocenters. The minimum absolute atomic E-state index is 0.00934. The van der Waals surface area contributed by atoms with Crippen LogP contribution in [0.1, 0.15) is 16.1 Å². The Bertz CT molecular complexity index is 692. The van der Waals surface area contributed by atoms with Gasteiger partial charge in [-0.1, -0.05) is 12.1 Å². The van der Waals surface area contributed by atoms with Gasteiger partial charge in [0.05, 0.1) is 18.4 Å². The van der Waals surface area contributed by atoms with Gasteiger partial charge in [0.15, 0.2) is 5.69 Å². The lowest BCUT2D eigenvalue weighted by molar-refractivity contribution is -0.137. The number of hydrogen-bond donors (Lipinski definition) is 1. The van der Waals surface area contributed by atoms with Gasteiger partial charge < -0.3 is 10.5 Å². The number of ether oxygens (including phenoxy) is 1. The third-order valence-electron chi connectivity index (χ3n) is 2.93. The number of nitrogens with two attached hydrogens (primary N) is 1. The molecule has 0 bridgehead atoms. The summed E-state index contributed by atoms with van der Waals surface area (Å²) >= 11 is 0. The minimum Gasteiger partial charge on any atom is -0.464 e. The number of anilines is 1. The number of rotatable bonds is 2. The number of carbonyl (C=O) groups excluding carboxylic acids is 1. The molecule has 1 heterocycles. The third kappa shape index (κ3) is 2.69. The molecule has 1 aromatic carbocycles. The number of alkyl halides is 3. The standard InChI is InChI=1S/C13H12F3N3O2/c1-19-11(12(20)21-2)9(17)10(18-19)7-4-3-5-8(6-7)13(14,15)16/h3-6H,17H2,1-2H3. The van der Waals surface area contributed by atoms with E-state index in [0.29, 0.717) is 0 Å². The number of benzene rings is 1. The first kappa shape index (κ1) is 14.9. The van der Waals surface area contributed by atoms with Crippen LogP contribution in [-0.2, 0) is 18.0 Å². The number of nitrogen functional groups attached to an aromatic ring is 1. The summed E-state index contributed by atoms with van der Waals surface area (Å²) in [4.78, 5) is 11.6. The van der Waals surface area contributed by atoms with Crippen LogP contribution in [0, 0.1) is 0 Å². The van der Waals surface area contributed by atoms with Crippen molar-refractivity contribution in [1.82, 2.24) is 9.78 Å². The van der Waals surface area contributed by atoms with Crippen LogP contribution in [-0.4, -0.2) is 22.9 Å². The maximum absolute atomic E-state index is 12.7. The highest BCUT2D eigenvalue weighted by molar-refractivity contribution is 5.97. The number of esters is 1. The van der Waals surface area contributed by atoms with E-state index in [2.05, 4.69) is 9.84 Å². The van der Waals surface area contributed by atoms with Crippen molar-refractivity contribution < 1.29 is 22.7 Å². The van der Waals surface area contributed by atoms with Gasteiger partial charge in [-0.2, -0.15) is 18.3 Å². The minimum atomic E-state index is -4.47. The normalized spacial score (nSPS) is 11.5. The molecule has 2 N–H and O–H groups in total. The smallest absolute Gasteiger partial charge is 0.416 e. The maximum Gasteiger partial charge on any atom is 0.416 e. The van der Waals surface area contributed by atoms with E-state index in [-0.39, 0.29) is 22.6 Å². The van der Waals surface area contributed by atoms with Gasteiger partial charge >= 0.3 is 12.1 Å².